The highest BCUT2D eigenvalue weighted by molar-refractivity contribution is 9.10. The molecule has 0 saturated heterocycles. The van der Waals surface area contributed by atoms with E-state index in [9.17, 15) is 8.42 Å². The van der Waals surface area contributed by atoms with Gasteiger partial charge in [0.2, 0.25) is 0 Å². The van der Waals surface area contributed by atoms with Crippen molar-refractivity contribution in [1.29, 1.82) is 0 Å². The van der Waals surface area contributed by atoms with E-state index in [1.165, 1.54) is 6.07 Å². The molecule has 0 saturated carbocycles. The molecule has 100 valence electrons. The molecule has 4 nitrogen and oxygen atoms in total. The predicted octanol–water partition coefficient (Wildman–Crippen LogP) is 3.14. The Hall–Kier alpha value is -1.53. The van der Waals surface area contributed by atoms with Crippen molar-refractivity contribution in [1.82, 2.24) is 0 Å². The van der Waals surface area contributed by atoms with Crippen molar-refractivity contribution in [2.24, 2.45) is 0 Å². The van der Waals surface area contributed by atoms with E-state index in [1.54, 1.807) is 37.3 Å². The number of halogens is 1. The average Bonchev–Trinajstić information content (AvgIpc) is 2.32. The zero-order valence-corrected chi connectivity index (χ0v) is 12.6. The zero-order valence-electron chi connectivity index (χ0n) is 10.2. The van der Waals surface area contributed by atoms with Gasteiger partial charge in [-0.2, -0.15) is 0 Å². The van der Waals surface area contributed by atoms with Crippen molar-refractivity contribution in [2.75, 3.05) is 10.5 Å². The van der Waals surface area contributed by atoms with Crippen LogP contribution in [0.25, 0.3) is 0 Å². The maximum atomic E-state index is 12.3. The van der Waals surface area contributed by atoms with Crippen LogP contribution in [0.4, 0.5) is 11.4 Å². The molecule has 6 heteroatoms. The second-order valence-corrected chi connectivity index (χ2v) is 6.65. The third-order valence-electron chi connectivity index (χ3n) is 2.69. The first kappa shape index (κ1) is 13.9. The Morgan fingerprint density at radius 3 is 2.53 bits per heavy atom. The highest BCUT2D eigenvalue weighted by atomic mass is 79.9. The second-order valence-electron chi connectivity index (χ2n) is 4.09. The minimum atomic E-state index is -3.63. The largest absolute Gasteiger partial charge is 0.398 e. The first-order valence-corrected chi connectivity index (χ1v) is 7.81. The second kappa shape index (κ2) is 5.22. The van der Waals surface area contributed by atoms with E-state index in [4.69, 9.17) is 5.73 Å². The molecular formula is C13H13BrN2O2S. The predicted molar refractivity (Wildman–Crippen MR) is 80.5 cm³/mol. The van der Waals surface area contributed by atoms with Crippen LogP contribution in [0, 0.1) is 6.92 Å². The van der Waals surface area contributed by atoms with E-state index in [1.807, 2.05) is 6.07 Å². The molecule has 19 heavy (non-hydrogen) atoms. The molecule has 0 aliphatic rings. The highest BCUT2D eigenvalue weighted by Crippen LogP contribution is 2.24. The lowest BCUT2D eigenvalue weighted by atomic mass is 10.2. The van der Waals surface area contributed by atoms with Crippen LogP contribution in [0.1, 0.15) is 5.56 Å². The van der Waals surface area contributed by atoms with E-state index in [2.05, 4.69) is 20.7 Å². The number of rotatable bonds is 3. The number of anilines is 2. The van der Waals surface area contributed by atoms with Gasteiger partial charge in [0, 0.05) is 15.8 Å². The molecule has 0 amide bonds. The lowest BCUT2D eigenvalue weighted by Crippen LogP contribution is -2.14. The van der Waals surface area contributed by atoms with Gasteiger partial charge in [-0.15, -0.1) is 0 Å². The van der Waals surface area contributed by atoms with Gasteiger partial charge in [-0.25, -0.2) is 8.42 Å². The smallest absolute Gasteiger partial charge is 0.262 e. The van der Waals surface area contributed by atoms with Gasteiger partial charge in [-0.3, -0.25) is 4.72 Å². The van der Waals surface area contributed by atoms with Crippen LogP contribution in [0.5, 0.6) is 0 Å². The fourth-order valence-electron chi connectivity index (χ4n) is 1.68. The molecule has 0 bridgehead atoms. The fourth-order valence-corrected chi connectivity index (χ4v) is 3.41. The van der Waals surface area contributed by atoms with Crippen molar-refractivity contribution in [3.8, 4) is 0 Å². The summed E-state index contributed by atoms with van der Waals surface area (Å²) in [5.41, 5.74) is 7.23. The Bertz CT molecular complexity index is 714. The Kier molecular flexibility index (Phi) is 3.82. The lowest BCUT2D eigenvalue weighted by molar-refractivity contribution is 0.600. The molecule has 0 spiro atoms. The molecule has 0 aliphatic carbocycles. The molecule has 0 fully saturated rings. The third kappa shape index (κ3) is 3.08. The topological polar surface area (TPSA) is 72.2 Å². The van der Waals surface area contributed by atoms with Crippen LogP contribution in [0.2, 0.25) is 0 Å². The molecule has 2 aromatic rings. The van der Waals surface area contributed by atoms with E-state index >= 15 is 0 Å². The summed E-state index contributed by atoms with van der Waals surface area (Å²) in [4.78, 5) is 0.187. The van der Waals surface area contributed by atoms with Crippen LogP contribution in [-0.4, -0.2) is 8.42 Å². The SMILES string of the molecule is Cc1c(N)cccc1S(=O)(=O)Nc1cccc(Br)c1. The van der Waals surface area contributed by atoms with Crippen molar-refractivity contribution in [3.05, 3.63) is 52.5 Å². The Balaban J connectivity index is 2.41. The first-order chi connectivity index (χ1) is 8.90. The summed E-state index contributed by atoms with van der Waals surface area (Å²) in [5, 5.41) is 0. The number of hydrogen-bond donors (Lipinski definition) is 2. The molecule has 0 heterocycles. The normalized spacial score (nSPS) is 11.3. The molecule has 0 aliphatic heterocycles. The molecule has 0 radical (unpaired) electrons. The van der Waals surface area contributed by atoms with Gasteiger partial charge in [0.25, 0.3) is 10.0 Å². The van der Waals surface area contributed by atoms with Gasteiger partial charge in [-0.1, -0.05) is 28.1 Å². The number of nitrogens with two attached hydrogens (primary N) is 1. The van der Waals surface area contributed by atoms with E-state index in [0.717, 1.165) is 4.47 Å². The minimum Gasteiger partial charge on any atom is -0.398 e. The molecule has 2 rings (SSSR count). The molecule has 0 aromatic heterocycles. The van der Waals surface area contributed by atoms with Gasteiger partial charge in [0.15, 0.2) is 0 Å². The summed E-state index contributed by atoms with van der Waals surface area (Å²) >= 11 is 3.30. The first-order valence-electron chi connectivity index (χ1n) is 5.53. The number of hydrogen-bond acceptors (Lipinski definition) is 3. The number of nitrogen functional groups attached to an aromatic ring is 1. The van der Waals surface area contributed by atoms with Crippen LogP contribution >= 0.6 is 15.9 Å². The fraction of sp³-hybridized carbons (Fsp3) is 0.0769. The Morgan fingerprint density at radius 2 is 1.84 bits per heavy atom. The van der Waals surface area contributed by atoms with E-state index in [-0.39, 0.29) is 4.90 Å². The van der Waals surface area contributed by atoms with Crippen molar-refractivity contribution in [2.45, 2.75) is 11.8 Å². The van der Waals surface area contributed by atoms with Crippen LogP contribution < -0.4 is 10.5 Å². The molecule has 2 aromatic carbocycles. The summed E-state index contributed by atoms with van der Waals surface area (Å²) in [6.07, 6.45) is 0. The van der Waals surface area contributed by atoms with Crippen molar-refractivity contribution < 1.29 is 8.42 Å². The highest BCUT2D eigenvalue weighted by Gasteiger charge is 2.17. The van der Waals surface area contributed by atoms with Crippen LogP contribution in [0.15, 0.2) is 51.8 Å². The van der Waals surface area contributed by atoms with Gasteiger partial charge in [0.1, 0.15) is 0 Å². The van der Waals surface area contributed by atoms with E-state index in [0.29, 0.717) is 16.9 Å². The monoisotopic (exact) mass is 340 g/mol. The third-order valence-corrected chi connectivity index (χ3v) is 4.71. The molecular weight excluding hydrogens is 328 g/mol. The lowest BCUT2D eigenvalue weighted by Gasteiger charge is -2.11. The number of benzene rings is 2. The van der Waals surface area contributed by atoms with Crippen LogP contribution in [-0.2, 0) is 10.0 Å². The summed E-state index contributed by atoms with van der Waals surface area (Å²) in [6.45, 7) is 1.69. The van der Waals surface area contributed by atoms with Gasteiger partial charge in [-0.05, 0) is 42.8 Å². The average molecular weight is 341 g/mol. The van der Waals surface area contributed by atoms with Gasteiger partial charge in [0.05, 0.1) is 4.90 Å². The molecule has 0 atom stereocenters. The Labute approximate surface area is 120 Å². The molecule has 0 unspecified atom stereocenters. The van der Waals surface area contributed by atoms with Gasteiger partial charge < -0.3 is 5.73 Å². The number of nitrogens with one attached hydrogen (secondary N) is 1. The summed E-state index contributed by atoms with van der Waals surface area (Å²) in [6, 6.07) is 11.8. The van der Waals surface area contributed by atoms with Gasteiger partial charge >= 0.3 is 0 Å². The molecule has 3 N–H and O–H groups in total. The summed E-state index contributed by atoms with van der Waals surface area (Å²) < 4.78 is 27.9. The summed E-state index contributed by atoms with van der Waals surface area (Å²) in [5.74, 6) is 0. The number of sulfonamides is 1. The maximum Gasteiger partial charge on any atom is 0.262 e. The standard InChI is InChI=1S/C13H13BrN2O2S/c1-9-12(15)6-3-7-13(9)19(17,18)16-11-5-2-4-10(14)8-11/h2-8,16H,15H2,1H3. The zero-order chi connectivity index (χ0) is 14.0. The van der Waals surface area contributed by atoms with Crippen molar-refractivity contribution >= 4 is 37.3 Å². The van der Waals surface area contributed by atoms with Crippen molar-refractivity contribution in [3.63, 3.8) is 0 Å². The van der Waals surface area contributed by atoms with Crippen LogP contribution in [0.3, 0.4) is 0 Å². The quantitative estimate of drug-likeness (QED) is 0.843. The minimum absolute atomic E-state index is 0.187. The van der Waals surface area contributed by atoms with E-state index < -0.39 is 10.0 Å². The Morgan fingerprint density at radius 1 is 1.16 bits per heavy atom. The summed E-state index contributed by atoms with van der Waals surface area (Å²) in [7, 11) is -3.63. The maximum absolute atomic E-state index is 12.3.